The van der Waals surface area contributed by atoms with Crippen LogP contribution in [0, 0.1) is 46.3 Å². The van der Waals surface area contributed by atoms with Crippen molar-refractivity contribution in [3.8, 4) is 0 Å². The fraction of sp³-hybridized carbons (Fsp3) is 0.927. The summed E-state index contributed by atoms with van der Waals surface area (Å²) in [4.78, 5) is 53.4. The van der Waals surface area contributed by atoms with Crippen molar-refractivity contribution in [1.29, 1.82) is 0 Å². The summed E-state index contributed by atoms with van der Waals surface area (Å²) in [7, 11) is 1.46. The Balaban J connectivity index is 1.55. The molecule has 0 bridgehead atoms. The Bertz CT molecular complexity index is 1350. The Morgan fingerprint density at radius 3 is 1.56 bits per heavy atom. The van der Waals surface area contributed by atoms with E-state index in [1.165, 1.54) is 90.6 Å². The van der Waals surface area contributed by atoms with Gasteiger partial charge in [0.05, 0.1) is 7.11 Å². The first-order valence-electron chi connectivity index (χ1n) is 27.1. The Morgan fingerprint density at radius 2 is 1.03 bits per heavy atom. The van der Waals surface area contributed by atoms with E-state index in [0.29, 0.717) is 25.7 Å². The third kappa shape index (κ3) is 15.7. The number of unbranched alkanes of at least 4 members (excludes halogenated alkanes) is 18. The van der Waals surface area contributed by atoms with Gasteiger partial charge < -0.3 is 18.9 Å². The summed E-state index contributed by atoms with van der Waals surface area (Å²) in [6, 6.07) is 0. The van der Waals surface area contributed by atoms with Crippen molar-refractivity contribution in [2.24, 2.45) is 46.3 Å². The van der Waals surface area contributed by atoms with Gasteiger partial charge in [0.25, 0.3) is 0 Å². The van der Waals surface area contributed by atoms with Gasteiger partial charge in [-0.3, -0.25) is 19.2 Å². The molecule has 0 unspecified atom stereocenters. The number of fused-ring (bicyclic) bond motifs is 5. The average molecular weight is 885 g/mol. The lowest BCUT2D eigenvalue weighted by atomic mass is 9.43. The molecule has 0 N–H and O–H groups in total. The smallest absolute Gasteiger partial charge is 0.306 e. The molecule has 4 aliphatic rings. The van der Waals surface area contributed by atoms with Crippen LogP contribution in [0.1, 0.15) is 253 Å². The normalized spacial score (nSPS) is 30.4. The van der Waals surface area contributed by atoms with E-state index in [0.717, 1.165) is 103 Å². The van der Waals surface area contributed by atoms with Crippen LogP contribution in [-0.4, -0.2) is 49.3 Å². The zero-order valence-electron chi connectivity index (χ0n) is 41.8. The van der Waals surface area contributed by atoms with Crippen LogP contribution < -0.4 is 0 Å². The number of methoxy groups -OCH3 is 1. The molecule has 0 spiro atoms. The van der Waals surface area contributed by atoms with Gasteiger partial charge in [-0.15, -0.1) is 0 Å². The molecule has 0 heterocycles. The van der Waals surface area contributed by atoms with Crippen molar-refractivity contribution in [3.05, 3.63) is 0 Å². The zero-order chi connectivity index (χ0) is 45.7. The second-order valence-electron chi connectivity index (χ2n) is 21.6. The van der Waals surface area contributed by atoms with Crippen LogP contribution in [0.2, 0.25) is 0 Å². The number of hydrogen-bond acceptors (Lipinski definition) is 8. The van der Waals surface area contributed by atoms with Crippen LogP contribution in [0.4, 0.5) is 0 Å². The molecular formula is C55H96O8. The third-order valence-corrected chi connectivity index (χ3v) is 17.3. The molecule has 364 valence electrons. The van der Waals surface area contributed by atoms with Crippen LogP contribution >= 0.6 is 0 Å². The molecular weight excluding hydrogens is 789 g/mol. The maximum absolute atomic E-state index is 13.9. The summed E-state index contributed by atoms with van der Waals surface area (Å²) in [5.74, 6) is 0.972. The highest BCUT2D eigenvalue weighted by molar-refractivity contribution is 5.70. The van der Waals surface area contributed by atoms with Gasteiger partial charge in [0, 0.05) is 37.0 Å². The van der Waals surface area contributed by atoms with Crippen molar-refractivity contribution in [1.82, 2.24) is 0 Å². The molecule has 0 aromatic carbocycles. The summed E-state index contributed by atoms with van der Waals surface area (Å²) in [5, 5.41) is 0. The highest BCUT2D eigenvalue weighted by Gasteiger charge is 2.67. The quantitative estimate of drug-likeness (QED) is 0.0385. The van der Waals surface area contributed by atoms with Crippen LogP contribution in [0.5, 0.6) is 0 Å². The molecule has 4 rings (SSSR count). The number of carbonyl (C=O) groups is 4. The van der Waals surface area contributed by atoms with Gasteiger partial charge in [-0.2, -0.15) is 0 Å². The lowest BCUT2D eigenvalue weighted by Gasteiger charge is -2.64. The standard InChI is InChI=1S/C55H96O8/c1-8-11-14-17-20-23-26-29-50(57)61-43-36-37-54(5)42(38-43)39-47(62-51(58)30-27-24-21-18-15-12-9-2)53-45-34-33-44(41(4)32-35-49(56)60-7)55(45,6)48(40-46(53)54)63-52(59)31-28-25-22-19-16-13-10-3/h41-48,53H,8-40H2,1-7H3/t41-,42+,43-,44-,45+,46+,47-,48+,53+,54+,55-/m1/s1. The van der Waals surface area contributed by atoms with Crippen molar-refractivity contribution in [2.45, 2.75) is 272 Å². The van der Waals surface area contributed by atoms with Crippen LogP contribution in [0.3, 0.4) is 0 Å². The molecule has 0 aromatic heterocycles. The molecule has 8 heteroatoms. The maximum Gasteiger partial charge on any atom is 0.306 e. The second-order valence-corrected chi connectivity index (χ2v) is 21.6. The lowest BCUT2D eigenvalue weighted by Crippen LogP contribution is -2.63. The predicted octanol–water partition coefficient (Wildman–Crippen LogP) is 14.6. The average Bonchev–Trinajstić information content (AvgIpc) is 3.63. The van der Waals surface area contributed by atoms with E-state index in [-0.39, 0.29) is 88.5 Å². The fourth-order valence-electron chi connectivity index (χ4n) is 13.5. The lowest BCUT2D eigenvalue weighted by molar-refractivity contribution is -0.226. The van der Waals surface area contributed by atoms with E-state index in [9.17, 15) is 19.2 Å². The molecule has 0 amide bonds. The summed E-state index contributed by atoms with van der Waals surface area (Å²) in [6.45, 7) is 13.8. The van der Waals surface area contributed by atoms with E-state index in [1.54, 1.807) is 0 Å². The minimum Gasteiger partial charge on any atom is -0.469 e. The van der Waals surface area contributed by atoms with Crippen LogP contribution in [0.15, 0.2) is 0 Å². The van der Waals surface area contributed by atoms with Gasteiger partial charge in [-0.25, -0.2) is 0 Å². The minimum absolute atomic E-state index is 0.0491. The van der Waals surface area contributed by atoms with Gasteiger partial charge in [-0.1, -0.05) is 157 Å². The van der Waals surface area contributed by atoms with Crippen LogP contribution in [-0.2, 0) is 38.1 Å². The molecule has 4 fully saturated rings. The maximum atomic E-state index is 13.9. The largest absolute Gasteiger partial charge is 0.469 e. The first kappa shape index (κ1) is 53.5. The number of carbonyl (C=O) groups excluding carboxylic acids is 4. The Kier molecular flexibility index (Phi) is 23.9. The topological polar surface area (TPSA) is 105 Å². The monoisotopic (exact) mass is 885 g/mol. The van der Waals surface area contributed by atoms with Gasteiger partial charge in [-0.05, 0) is 106 Å². The van der Waals surface area contributed by atoms with Crippen molar-refractivity contribution < 1.29 is 38.1 Å². The van der Waals surface area contributed by atoms with Gasteiger partial charge in [0.1, 0.15) is 18.3 Å². The van der Waals surface area contributed by atoms with E-state index < -0.39 is 0 Å². The first-order valence-corrected chi connectivity index (χ1v) is 27.1. The molecule has 0 aromatic rings. The van der Waals surface area contributed by atoms with E-state index in [1.807, 2.05) is 0 Å². The number of ether oxygens (including phenoxy) is 4. The predicted molar refractivity (Wildman–Crippen MR) is 254 cm³/mol. The molecule has 0 saturated heterocycles. The number of rotatable bonds is 31. The fourth-order valence-corrected chi connectivity index (χ4v) is 13.5. The van der Waals surface area contributed by atoms with Crippen molar-refractivity contribution in [3.63, 3.8) is 0 Å². The van der Waals surface area contributed by atoms with Crippen molar-refractivity contribution >= 4 is 23.9 Å². The molecule has 4 aliphatic carbocycles. The molecule has 0 radical (unpaired) electrons. The molecule has 11 atom stereocenters. The third-order valence-electron chi connectivity index (χ3n) is 17.3. The van der Waals surface area contributed by atoms with E-state index >= 15 is 0 Å². The highest BCUT2D eigenvalue weighted by Crippen LogP contribution is 2.69. The van der Waals surface area contributed by atoms with Crippen LogP contribution in [0.25, 0.3) is 0 Å². The molecule has 8 nitrogen and oxygen atoms in total. The summed E-state index contributed by atoms with van der Waals surface area (Å²) in [6.07, 6.45) is 32.4. The second kappa shape index (κ2) is 28.1. The summed E-state index contributed by atoms with van der Waals surface area (Å²) < 4.78 is 24.9. The first-order chi connectivity index (χ1) is 30.4. The summed E-state index contributed by atoms with van der Waals surface area (Å²) >= 11 is 0. The SMILES string of the molecule is CCCCCCCCCC(=O)O[C@@H]1CC[C@@]2(C)[C@@H](C1)C[C@@H](OC(=O)CCCCCCCCC)[C@@H]1[C@@H]2C[C@H](OC(=O)CCCCCCCCC)[C@]2(C)[C@@H]([C@H](C)CCC(=O)OC)CC[C@@H]12. The van der Waals surface area contributed by atoms with Gasteiger partial charge in [0.2, 0.25) is 0 Å². The van der Waals surface area contributed by atoms with E-state index in [2.05, 4.69) is 41.5 Å². The molecule has 63 heavy (non-hydrogen) atoms. The highest BCUT2D eigenvalue weighted by atomic mass is 16.6. The Morgan fingerprint density at radius 1 is 0.540 bits per heavy atom. The Hall–Kier alpha value is -2.12. The minimum atomic E-state index is -0.304. The zero-order valence-corrected chi connectivity index (χ0v) is 41.8. The van der Waals surface area contributed by atoms with Crippen molar-refractivity contribution in [2.75, 3.05) is 7.11 Å². The van der Waals surface area contributed by atoms with Gasteiger partial charge in [0.15, 0.2) is 0 Å². The number of esters is 4. The molecule has 0 aliphatic heterocycles. The Labute approximate surface area is 386 Å². The molecule has 4 saturated carbocycles. The van der Waals surface area contributed by atoms with Gasteiger partial charge >= 0.3 is 23.9 Å². The number of hydrogen-bond donors (Lipinski definition) is 0. The van der Waals surface area contributed by atoms with E-state index in [4.69, 9.17) is 18.9 Å². The summed E-state index contributed by atoms with van der Waals surface area (Å²) in [5.41, 5.74) is -0.353.